The molecule has 0 bridgehead atoms. The molecular weight excluding hydrogens is 498 g/mol. The van der Waals surface area contributed by atoms with E-state index in [1.165, 1.54) is 16.6 Å². The van der Waals surface area contributed by atoms with Gasteiger partial charge in [-0.05, 0) is 32.9 Å². The maximum absolute atomic E-state index is 13.5. The predicted octanol–water partition coefficient (Wildman–Crippen LogP) is 1.50. The van der Waals surface area contributed by atoms with Crippen molar-refractivity contribution in [1.82, 2.24) is 33.9 Å². The molecule has 1 N–H and O–H groups in total. The van der Waals surface area contributed by atoms with Crippen molar-refractivity contribution >= 4 is 21.1 Å². The van der Waals surface area contributed by atoms with E-state index in [9.17, 15) is 13.2 Å². The van der Waals surface area contributed by atoms with Crippen molar-refractivity contribution in [2.24, 2.45) is 0 Å². The van der Waals surface area contributed by atoms with Crippen LogP contribution in [0.5, 0.6) is 5.88 Å². The average Bonchev–Trinajstić information content (AvgIpc) is 3.25. The van der Waals surface area contributed by atoms with E-state index in [4.69, 9.17) is 14.5 Å². The maximum Gasteiger partial charge on any atom is 0.279 e. The number of H-pyrrole nitrogens is 1. The summed E-state index contributed by atoms with van der Waals surface area (Å²) >= 11 is 0. The molecule has 3 aromatic rings. The number of nitrogens with zero attached hydrogens (tertiary/aromatic N) is 6. The predicted molar refractivity (Wildman–Crippen MR) is 139 cm³/mol. The van der Waals surface area contributed by atoms with E-state index < -0.39 is 15.6 Å². The van der Waals surface area contributed by atoms with Crippen molar-refractivity contribution in [3.63, 3.8) is 0 Å². The lowest BCUT2D eigenvalue weighted by Crippen LogP contribution is -2.48. The van der Waals surface area contributed by atoms with Crippen molar-refractivity contribution in [1.29, 1.82) is 0 Å². The van der Waals surface area contributed by atoms with Gasteiger partial charge in [0.1, 0.15) is 16.2 Å². The minimum absolute atomic E-state index is 0.0257. The second-order valence-electron chi connectivity index (χ2n) is 9.16. The van der Waals surface area contributed by atoms with E-state index in [1.54, 1.807) is 11.8 Å². The zero-order chi connectivity index (χ0) is 26.7. The molecule has 202 valence electrons. The Morgan fingerprint density at radius 2 is 1.86 bits per heavy atom. The van der Waals surface area contributed by atoms with Gasteiger partial charge in [-0.3, -0.25) is 9.48 Å². The molecule has 0 atom stereocenters. The molecule has 0 amide bonds. The number of aromatic amines is 1. The first-order valence-electron chi connectivity index (χ1n) is 12.6. The average molecular weight is 534 g/mol. The monoisotopic (exact) mass is 533 g/mol. The number of fused-ring (bicyclic) bond motifs is 1. The minimum Gasteiger partial charge on any atom is -0.474 e. The normalized spacial score (nSPS) is 15.6. The first kappa shape index (κ1) is 27.2. The minimum atomic E-state index is -3.80. The van der Waals surface area contributed by atoms with Gasteiger partial charge in [-0.1, -0.05) is 13.8 Å². The van der Waals surface area contributed by atoms with Crippen LogP contribution in [0.15, 0.2) is 22.0 Å². The lowest BCUT2D eigenvalue weighted by molar-refractivity contribution is 0.183. The zero-order valence-corrected chi connectivity index (χ0v) is 22.8. The van der Waals surface area contributed by atoms with Crippen molar-refractivity contribution < 1.29 is 17.9 Å². The fourth-order valence-electron chi connectivity index (χ4n) is 4.40. The van der Waals surface area contributed by atoms with Crippen molar-refractivity contribution in [2.45, 2.75) is 51.7 Å². The number of hydrogen-bond donors (Lipinski definition) is 1. The van der Waals surface area contributed by atoms with Gasteiger partial charge in [-0.2, -0.15) is 9.40 Å². The highest BCUT2D eigenvalue weighted by Crippen LogP contribution is 2.31. The number of likely N-dealkylation sites (N-methyl/N-ethyl adjacent to an activating group) is 1. The van der Waals surface area contributed by atoms with Crippen LogP contribution in [0.25, 0.3) is 22.4 Å². The number of pyridine rings is 1. The van der Waals surface area contributed by atoms with E-state index in [1.807, 2.05) is 20.8 Å². The molecule has 1 saturated heterocycles. The quantitative estimate of drug-likeness (QED) is 0.411. The maximum atomic E-state index is 13.5. The van der Waals surface area contributed by atoms with Gasteiger partial charge >= 0.3 is 0 Å². The summed E-state index contributed by atoms with van der Waals surface area (Å²) in [6.07, 6.45) is 1.68. The summed E-state index contributed by atoms with van der Waals surface area (Å²) in [6.45, 7) is 11.6. The van der Waals surface area contributed by atoms with Crippen molar-refractivity contribution in [2.75, 3.05) is 46.4 Å². The second kappa shape index (κ2) is 11.3. The van der Waals surface area contributed by atoms with E-state index >= 15 is 0 Å². The molecule has 0 spiro atoms. The molecular formula is C24H35N7O5S. The lowest BCUT2D eigenvalue weighted by Gasteiger charge is -2.33. The van der Waals surface area contributed by atoms with Crippen molar-refractivity contribution in [3.05, 3.63) is 28.3 Å². The van der Waals surface area contributed by atoms with Gasteiger partial charge in [0.25, 0.3) is 5.56 Å². The van der Waals surface area contributed by atoms with E-state index in [2.05, 4.69) is 26.9 Å². The van der Waals surface area contributed by atoms with E-state index in [0.29, 0.717) is 56.8 Å². The molecule has 0 unspecified atom stereocenters. The smallest absolute Gasteiger partial charge is 0.279 e. The highest BCUT2D eigenvalue weighted by Gasteiger charge is 2.30. The van der Waals surface area contributed by atoms with Crippen LogP contribution < -0.4 is 10.3 Å². The molecule has 4 rings (SSSR count). The number of rotatable bonds is 10. The van der Waals surface area contributed by atoms with E-state index in [0.717, 1.165) is 12.2 Å². The summed E-state index contributed by atoms with van der Waals surface area (Å²) < 4.78 is 41.2. The number of hydrogen-bond acceptors (Lipinski definition) is 9. The molecule has 1 aliphatic rings. The van der Waals surface area contributed by atoms with E-state index in [-0.39, 0.29) is 28.2 Å². The first-order valence-corrected chi connectivity index (χ1v) is 14.0. The molecule has 13 heteroatoms. The van der Waals surface area contributed by atoms with Crippen LogP contribution >= 0.6 is 0 Å². The third kappa shape index (κ3) is 5.54. The van der Waals surface area contributed by atoms with Gasteiger partial charge in [0.05, 0.1) is 36.7 Å². The van der Waals surface area contributed by atoms with Crippen LogP contribution in [0.4, 0.5) is 0 Å². The van der Waals surface area contributed by atoms with Crippen LogP contribution in [0.2, 0.25) is 0 Å². The number of aromatic nitrogens is 5. The van der Waals surface area contributed by atoms with Crippen LogP contribution in [-0.2, 0) is 27.7 Å². The highest BCUT2D eigenvalue weighted by atomic mass is 32.2. The Kier molecular flexibility index (Phi) is 8.26. The van der Waals surface area contributed by atoms with Crippen molar-refractivity contribution in [3.8, 4) is 17.3 Å². The molecule has 0 radical (unpaired) electrons. The van der Waals surface area contributed by atoms with Crippen LogP contribution in [0.3, 0.4) is 0 Å². The summed E-state index contributed by atoms with van der Waals surface area (Å²) in [5, 5.41) is 4.43. The number of aryl methyl sites for hydroxylation is 1. The number of methoxy groups -OCH3 is 1. The molecule has 37 heavy (non-hydrogen) atoms. The Morgan fingerprint density at radius 3 is 2.49 bits per heavy atom. The largest absolute Gasteiger partial charge is 0.474 e. The van der Waals surface area contributed by atoms with Gasteiger partial charge in [-0.25, -0.2) is 18.4 Å². The summed E-state index contributed by atoms with van der Waals surface area (Å²) in [6, 6.07) is 1.48. The Bertz CT molecular complexity index is 1410. The Balaban J connectivity index is 1.82. The van der Waals surface area contributed by atoms with Crippen LogP contribution in [0, 0.1) is 0 Å². The molecule has 0 saturated carbocycles. The van der Waals surface area contributed by atoms with Crippen LogP contribution in [0.1, 0.15) is 33.4 Å². The zero-order valence-electron chi connectivity index (χ0n) is 22.0. The summed E-state index contributed by atoms with van der Waals surface area (Å²) in [5.74, 6) is 0.367. The van der Waals surface area contributed by atoms with Gasteiger partial charge in [0.2, 0.25) is 15.9 Å². The molecule has 1 fully saturated rings. The third-order valence-corrected chi connectivity index (χ3v) is 8.25. The number of nitrogens with one attached hydrogen (secondary N) is 1. The highest BCUT2D eigenvalue weighted by molar-refractivity contribution is 7.89. The Morgan fingerprint density at radius 1 is 1.14 bits per heavy atom. The molecule has 3 aromatic heterocycles. The molecule has 4 heterocycles. The number of ether oxygens (including phenoxy) is 2. The van der Waals surface area contributed by atoms with Gasteiger partial charge in [0.15, 0.2) is 5.52 Å². The molecule has 12 nitrogen and oxygen atoms in total. The number of sulfonamides is 1. The molecule has 0 aromatic carbocycles. The van der Waals surface area contributed by atoms with Gasteiger partial charge in [-0.15, -0.1) is 0 Å². The molecule has 0 aliphatic carbocycles. The topological polar surface area (TPSA) is 136 Å². The fraction of sp³-hybridized carbons (Fsp3) is 0.583. The Labute approximate surface area is 216 Å². The summed E-state index contributed by atoms with van der Waals surface area (Å²) in [5.41, 5.74) is 1.33. The van der Waals surface area contributed by atoms with Crippen LogP contribution in [-0.4, -0.2) is 94.9 Å². The summed E-state index contributed by atoms with van der Waals surface area (Å²) in [7, 11) is -2.20. The Hall–Kier alpha value is -2.87. The fourth-order valence-corrected chi connectivity index (χ4v) is 5.80. The SMILES string of the molecule is CCc1c2nc(-c3cc(S(=O)(=O)N4CCN(CC)CC4)cnc3OC(C)C)[nH]c(=O)c2nn1CCOC. The lowest BCUT2D eigenvalue weighted by atomic mass is 10.2. The van der Waals surface area contributed by atoms with Gasteiger partial charge in [0, 0.05) is 33.3 Å². The van der Waals surface area contributed by atoms with Gasteiger partial charge < -0.3 is 19.4 Å². The third-order valence-electron chi connectivity index (χ3n) is 6.39. The number of piperazine rings is 1. The molecule has 1 aliphatic heterocycles. The standard InChI is InChI=1S/C24H35N7O5S/c1-6-19-20-21(28-31(19)12-13-35-5)23(32)27-22(26-20)18-14-17(15-25-24(18)36-16(3)4)37(33,34)30-10-8-29(7-2)9-11-30/h14-16H,6-13H2,1-5H3,(H,26,27,32). The summed E-state index contributed by atoms with van der Waals surface area (Å²) in [4.78, 5) is 27.1. The first-order chi connectivity index (χ1) is 17.7. The second-order valence-corrected chi connectivity index (χ2v) is 11.1.